The summed E-state index contributed by atoms with van der Waals surface area (Å²) in [5, 5.41) is 0. The lowest BCUT2D eigenvalue weighted by Gasteiger charge is -2.33. The Bertz CT molecular complexity index is 449. The molecule has 2 heterocycles. The Labute approximate surface area is 130 Å². The highest BCUT2D eigenvalue weighted by Gasteiger charge is 2.19. The number of anilines is 1. The lowest BCUT2D eigenvalue weighted by molar-refractivity contribution is 0.148. The molecule has 0 atom stereocenters. The topological polar surface area (TPSA) is 9.72 Å². The van der Waals surface area contributed by atoms with Gasteiger partial charge in [0, 0.05) is 56.0 Å². The van der Waals surface area contributed by atoms with Crippen molar-refractivity contribution in [3.8, 4) is 0 Å². The predicted molar refractivity (Wildman–Crippen MR) is 88.4 cm³/mol. The number of nitrogens with zero attached hydrogens (tertiary/aromatic N) is 3. The molecule has 4 heteroatoms. The monoisotopic (exact) mass is 337 g/mol. The van der Waals surface area contributed by atoms with Crippen LogP contribution in [-0.4, -0.2) is 56.1 Å². The fraction of sp³-hybridized carbons (Fsp3) is 0.625. The number of halogens is 1. The maximum absolute atomic E-state index is 3.63. The molecule has 0 bridgehead atoms. The van der Waals surface area contributed by atoms with Crippen LogP contribution < -0.4 is 4.90 Å². The van der Waals surface area contributed by atoms with Crippen LogP contribution in [0, 0.1) is 0 Å². The van der Waals surface area contributed by atoms with E-state index in [9.17, 15) is 0 Å². The van der Waals surface area contributed by atoms with E-state index in [1.54, 1.807) is 0 Å². The average Bonchev–Trinajstić information content (AvgIpc) is 2.97. The summed E-state index contributed by atoms with van der Waals surface area (Å²) in [6, 6.07) is 6.79. The first kappa shape index (κ1) is 14.4. The molecule has 2 fully saturated rings. The highest BCUT2D eigenvalue weighted by Crippen LogP contribution is 2.29. The molecule has 0 amide bonds. The van der Waals surface area contributed by atoms with Crippen molar-refractivity contribution in [3.05, 3.63) is 28.2 Å². The zero-order chi connectivity index (χ0) is 13.9. The van der Waals surface area contributed by atoms with Gasteiger partial charge in [-0.2, -0.15) is 0 Å². The molecule has 0 radical (unpaired) electrons. The van der Waals surface area contributed by atoms with E-state index >= 15 is 0 Å². The van der Waals surface area contributed by atoms with Crippen LogP contribution in [0.4, 0.5) is 5.69 Å². The van der Waals surface area contributed by atoms with Gasteiger partial charge in [-0.05, 0) is 37.6 Å². The van der Waals surface area contributed by atoms with Gasteiger partial charge < -0.3 is 9.80 Å². The lowest BCUT2D eigenvalue weighted by atomic mass is 10.1. The molecular formula is C16H24BrN3. The normalized spacial score (nSPS) is 21.6. The Kier molecular flexibility index (Phi) is 4.64. The van der Waals surface area contributed by atoms with Crippen molar-refractivity contribution in [2.24, 2.45) is 0 Å². The molecule has 1 aromatic rings. The van der Waals surface area contributed by atoms with Crippen molar-refractivity contribution in [2.75, 3.05) is 51.2 Å². The zero-order valence-corrected chi connectivity index (χ0v) is 13.9. The van der Waals surface area contributed by atoms with Gasteiger partial charge in [-0.3, -0.25) is 4.90 Å². The number of hydrogen-bond acceptors (Lipinski definition) is 3. The van der Waals surface area contributed by atoms with Crippen LogP contribution in [-0.2, 0) is 6.54 Å². The summed E-state index contributed by atoms with van der Waals surface area (Å²) in [5.41, 5.74) is 2.93. The molecule has 20 heavy (non-hydrogen) atoms. The smallest absolute Gasteiger partial charge is 0.0423 e. The van der Waals surface area contributed by atoms with E-state index in [4.69, 9.17) is 0 Å². The SMILES string of the molecule is CN1CCN(Cc2ccc(Br)cc2N2CCCC2)CC1. The van der Waals surface area contributed by atoms with E-state index in [0.29, 0.717) is 0 Å². The quantitative estimate of drug-likeness (QED) is 0.839. The molecule has 0 unspecified atom stereocenters. The molecule has 2 aliphatic rings. The molecule has 0 spiro atoms. The first-order valence-corrected chi connectivity index (χ1v) is 8.46. The van der Waals surface area contributed by atoms with E-state index in [2.05, 4.69) is 55.9 Å². The molecule has 3 nitrogen and oxygen atoms in total. The molecule has 0 saturated carbocycles. The van der Waals surface area contributed by atoms with Crippen LogP contribution in [0.5, 0.6) is 0 Å². The van der Waals surface area contributed by atoms with E-state index in [1.165, 1.54) is 67.8 Å². The number of benzene rings is 1. The van der Waals surface area contributed by atoms with Crippen LogP contribution in [0.2, 0.25) is 0 Å². The second kappa shape index (κ2) is 6.46. The van der Waals surface area contributed by atoms with Crippen LogP contribution in [0.3, 0.4) is 0 Å². The molecule has 1 aromatic carbocycles. The highest BCUT2D eigenvalue weighted by atomic mass is 79.9. The van der Waals surface area contributed by atoms with Gasteiger partial charge in [0.15, 0.2) is 0 Å². The summed E-state index contributed by atoms with van der Waals surface area (Å²) in [7, 11) is 2.21. The molecule has 0 aliphatic carbocycles. The number of piperazine rings is 1. The maximum atomic E-state index is 3.63. The van der Waals surface area contributed by atoms with E-state index in [1.807, 2.05) is 0 Å². The Hall–Kier alpha value is -0.580. The average molecular weight is 338 g/mol. The largest absolute Gasteiger partial charge is 0.371 e. The molecular weight excluding hydrogens is 314 g/mol. The maximum Gasteiger partial charge on any atom is 0.0423 e. The third-order valence-electron chi connectivity index (χ3n) is 4.48. The van der Waals surface area contributed by atoms with Crippen molar-refractivity contribution in [2.45, 2.75) is 19.4 Å². The van der Waals surface area contributed by atoms with Crippen LogP contribution >= 0.6 is 15.9 Å². The van der Waals surface area contributed by atoms with Crippen molar-refractivity contribution in [3.63, 3.8) is 0 Å². The summed E-state index contributed by atoms with van der Waals surface area (Å²) in [6.07, 6.45) is 2.67. The first-order valence-electron chi connectivity index (χ1n) is 7.66. The predicted octanol–water partition coefficient (Wildman–Crippen LogP) is 2.80. The van der Waals surface area contributed by atoms with E-state index in [0.717, 1.165) is 6.54 Å². The summed E-state index contributed by atoms with van der Waals surface area (Å²) in [4.78, 5) is 7.55. The first-order chi connectivity index (χ1) is 9.72. The fourth-order valence-corrected chi connectivity index (χ4v) is 3.52. The minimum absolute atomic E-state index is 1.09. The van der Waals surface area contributed by atoms with Gasteiger partial charge in [0.25, 0.3) is 0 Å². The summed E-state index contributed by atoms with van der Waals surface area (Å²) in [6.45, 7) is 8.27. The van der Waals surface area contributed by atoms with Crippen LogP contribution in [0.1, 0.15) is 18.4 Å². The van der Waals surface area contributed by atoms with Crippen LogP contribution in [0.15, 0.2) is 22.7 Å². The van der Waals surface area contributed by atoms with E-state index in [-0.39, 0.29) is 0 Å². The highest BCUT2D eigenvalue weighted by molar-refractivity contribution is 9.10. The third kappa shape index (κ3) is 3.35. The van der Waals surface area contributed by atoms with Gasteiger partial charge in [0.05, 0.1) is 0 Å². The Morgan fingerprint density at radius 3 is 2.40 bits per heavy atom. The van der Waals surface area contributed by atoms with Gasteiger partial charge in [0.2, 0.25) is 0 Å². The van der Waals surface area contributed by atoms with Crippen molar-refractivity contribution in [1.82, 2.24) is 9.80 Å². The Balaban J connectivity index is 1.74. The molecule has 0 N–H and O–H groups in total. The number of rotatable bonds is 3. The number of likely N-dealkylation sites (N-methyl/N-ethyl adjacent to an activating group) is 1. The third-order valence-corrected chi connectivity index (χ3v) is 4.98. The zero-order valence-electron chi connectivity index (χ0n) is 12.3. The summed E-state index contributed by atoms with van der Waals surface area (Å²) in [5.74, 6) is 0. The Morgan fingerprint density at radius 2 is 1.70 bits per heavy atom. The fourth-order valence-electron chi connectivity index (χ4n) is 3.17. The summed E-state index contributed by atoms with van der Waals surface area (Å²) < 4.78 is 1.20. The minimum Gasteiger partial charge on any atom is -0.371 e. The minimum atomic E-state index is 1.09. The summed E-state index contributed by atoms with van der Waals surface area (Å²) >= 11 is 3.63. The van der Waals surface area contributed by atoms with Gasteiger partial charge in [-0.25, -0.2) is 0 Å². The second-order valence-corrected chi connectivity index (χ2v) is 6.96. The second-order valence-electron chi connectivity index (χ2n) is 6.05. The standard InChI is InChI=1S/C16H24BrN3/c1-18-8-10-19(11-9-18)13-14-4-5-15(17)12-16(14)20-6-2-3-7-20/h4-5,12H,2-3,6-11,13H2,1H3. The lowest BCUT2D eigenvalue weighted by Crippen LogP contribution is -2.44. The van der Waals surface area contributed by atoms with Gasteiger partial charge in [0.1, 0.15) is 0 Å². The van der Waals surface area contributed by atoms with Gasteiger partial charge >= 0.3 is 0 Å². The van der Waals surface area contributed by atoms with Gasteiger partial charge in [-0.15, -0.1) is 0 Å². The molecule has 2 saturated heterocycles. The molecule has 3 rings (SSSR count). The molecule has 2 aliphatic heterocycles. The molecule has 110 valence electrons. The van der Waals surface area contributed by atoms with Gasteiger partial charge in [-0.1, -0.05) is 22.0 Å². The van der Waals surface area contributed by atoms with E-state index < -0.39 is 0 Å². The van der Waals surface area contributed by atoms with Crippen molar-refractivity contribution >= 4 is 21.6 Å². The Morgan fingerprint density at radius 1 is 1.00 bits per heavy atom. The number of hydrogen-bond donors (Lipinski definition) is 0. The van der Waals surface area contributed by atoms with Crippen LogP contribution in [0.25, 0.3) is 0 Å². The van der Waals surface area contributed by atoms with Crippen molar-refractivity contribution in [1.29, 1.82) is 0 Å². The molecule has 0 aromatic heterocycles. The van der Waals surface area contributed by atoms with Crippen molar-refractivity contribution < 1.29 is 0 Å².